The average Bonchev–Trinajstić information content (AvgIpc) is 2.42. The SMILES string of the molecule is NC(=O)CN(CC(=O)O)C1CCCCCC1. The fraction of sp³-hybridized carbons (Fsp3) is 0.818. The monoisotopic (exact) mass is 228 g/mol. The summed E-state index contributed by atoms with van der Waals surface area (Å²) in [6.07, 6.45) is 6.57. The number of nitrogens with zero attached hydrogens (tertiary/aromatic N) is 1. The molecule has 0 bridgehead atoms. The van der Waals surface area contributed by atoms with Gasteiger partial charge in [0.1, 0.15) is 0 Å². The van der Waals surface area contributed by atoms with Gasteiger partial charge in [0, 0.05) is 6.04 Å². The van der Waals surface area contributed by atoms with E-state index in [1.54, 1.807) is 4.90 Å². The molecule has 0 radical (unpaired) electrons. The quantitative estimate of drug-likeness (QED) is 0.674. The first kappa shape index (κ1) is 13.0. The first-order valence-electron chi connectivity index (χ1n) is 5.83. The van der Waals surface area contributed by atoms with Crippen LogP contribution in [0.4, 0.5) is 0 Å². The van der Waals surface area contributed by atoms with Gasteiger partial charge in [0.2, 0.25) is 5.91 Å². The summed E-state index contributed by atoms with van der Waals surface area (Å²) in [4.78, 5) is 23.3. The van der Waals surface area contributed by atoms with Crippen LogP contribution in [-0.4, -0.2) is 41.0 Å². The van der Waals surface area contributed by atoms with Gasteiger partial charge in [-0.25, -0.2) is 0 Å². The van der Waals surface area contributed by atoms with Crippen molar-refractivity contribution in [2.45, 2.75) is 44.6 Å². The van der Waals surface area contributed by atoms with Crippen molar-refractivity contribution in [1.82, 2.24) is 4.90 Å². The van der Waals surface area contributed by atoms with Crippen molar-refractivity contribution >= 4 is 11.9 Å². The van der Waals surface area contributed by atoms with Crippen molar-refractivity contribution in [3.05, 3.63) is 0 Å². The molecular weight excluding hydrogens is 208 g/mol. The van der Waals surface area contributed by atoms with E-state index in [4.69, 9.17) is 10.8 Å². The van der Waals surface area contributed by atoms with E-state index in [1.165, 1.54) is 12.8 Å². The lowest BCUT2D eigenvalue weighted by molar-refractivity contribution is -0.139. The Morgan fingerprint density at radius 2 is 1.69 bits per heavy atom. The minimum atomic E-state index is -0.898. The number of carboxylic acids is 1. The smallest absolute Gasteiger partial charge is 0.317 e. The third-order valence-corrected chi connectivity index (χ3v) is 3.04. The van der Waals surface area contributed by atoms with Crippen molar-refractivity contribution in [1.29, 1.82) is 0 Å². The molecule has 0 unspecified atom stereocenters. The highest BCUT2D eigenvalue weighted by molar-refractivity contribution is 5.77. The van der Waals surface area contributed by atoms with Gasteiger partial charge in [-0.2, -0.15) is 0 Å². The average molecular weight is 228 g/mol. The minimum Gasteiger partial charge on any atom is -0.480 e. The molecule has 0 aromatic rings. The second kappa shape index (κ2) is 6.48. The minimum absolute atomic E-state index is 0.0525. The third-order valence-electron chi connectivity index (χ3n) is 3.04. The topological polar surface area (TPSA) is 83.6 Å². The predicted octanol–water partition coefficient (Wildman–Crippen LogP) is 0.581. The highest BCUT2D eigenvalue weighted by Crippen LogP contribution is 2.21. The Balaban J connectivity index is 2.57. The van der Waals surface area contributed by atoms with Crippen LogP contribution in [0.2, 0.25) is 0 Å². The number of hydrogen-bond acceptors (Lipinski definition) is 3. The molecule has 1 rings (SSSR count). The molecule has 5 heteroatoms. The van der Waals surface area contributed by atoms with E-state index in [-0.39, 0.29) is 19.1 Å². The highest BCUT2D eigenvalue weighted by atomic mass is 16.4. The summed E-state index contributed by atoms with van der Waals surface area (Å²) in [5.41, 5.74) is 5.14. The van der Waals surface area contributed by atoms with E-state index in [0.717, 1.165) is 25.7 Å². The Bertz CT molecular complexity index is 232. The molecule has 0 aromatic heterocycles. The summed E-state index contributed by atoms with van der Waals surface area (Å²) < 4.78 is 0. The first-order valence-corrected chi connectivity index (χ1v) is 5.83. The number of carboxylic acid groups (broad SMARTS) is 1. The molecule has 0 atom stereocenters. The molecular formula is C11H20N2O3. The molecule has 1 saturated carbocycles. The van der Waals surface area contributed by atoms with Crippen molar-refractivity contribution < 1.29 is 14.7 Å². The maximum absolute atomic E-state index is 10.9. The van der Waals surface area contributed by atoms with Crippen LogP contribution < -0.4 is 5.73 Å². The van der Waals surface area contributed by atoms with Crippen LogP contribution in [0, 0.1) is 0 Å². The van der Waals surface area contributed by atoms with Gasteiger partial charge in [-0.3, -0.25) is 14.5 Å². The van der Waals surface area contributed by atoms with Crippen LogP contribution in [0.1, 0.15) is 38.5 Å². The van der Waals surface area contributed by atoms with E-state index in [9.17, 15) is 9.59 Å². The number of carbonyl (C=O) groups excluding carboxylic acids is 1. The van der Waals surface area contributed by atoms with Gasteiger partial charge in [0.25, 0.3) is 0 Å². The number of carbonyl (C=O) groups is 2. The normalized spacial score (nSPS) is 18.3. The molecule has 1 amide bonds. The number of aliphatic carboxylic acids is 1. The molecule has 0 heterocycles. The Hall–Kier alpha value is -1.10. The van der Waals surface area contributed by atoms with Crippen LogP contribution in [0.25, 0.3) is 0 Å². The van der Waals surface area contributed by atoms with Gasteiger partial charge in [-0.15, -0.1) is 0 Å². The van der Waals surface area contributed by atoms with Crippen LogP contribution >= 0.6 is 0 Å². The van der Waals surface area contributed by atoms with E-state index < -0.39 is 11.9 Å². The third kappa shape index (κ3) is 4.61. The molecule has 0 aromatic carbocycles. The van der Waals surface area contributed by atoms with E-state index >= 15 is 0 Å². The van der Waals surface area contributed by atoms with Crippen molar-refractivity contribution in [2.24, 2.45) is 5.73 Å². The molecule has 92 valence electrons. The molecule has 16 heavy (non-hydrogen) atoms. The molecule has 1 aliphatic carbocycles. The van der Waals surface area contributed by atoms with Gasteiger partial charge in [0.15, 0.2) is 0 Å². The highest BCUT2D eigenvalue weighted by Gasteiger charge is 2.23. The summed E-state index contributed by atoms with van der Waals surface area (Å²) in [5, 5.41) is 8.80. The summed E-state index contributed by atoms with van der Waals surface area (Å²) in [6, 6.07) is 0.200. The van der Waals surface area contributed by atoms with Crippen LogP contribution in [0.15, 0.2) is 0 Å². The zero-order valence-corrected chi connectivity index (χ0v) is 9.52. The Kier molecular flexibility index (Phi) is 5.25. The van der Waals surface area contributed by atoms with Gasteiger partial charge in [-0.1, -0.05) is 25.7 Å². The molecule has 3 N–H and O–H groups in total. The number of hydrogen-bond donors (Lipinski definition) is 2. The van der Waals surface area contributed by atoms with Gasteiger partial charge in [0.05, 0.1) is 13.1 Å². The lowest BCUT2D eigenvalue weighted by Gasteiger charge is -2.28. The molecule has 0 aliphatic heterocycles. The Labute approximate surface area is 95.6 Å². The van der Waals surface area contributed by atoms with Crippen LogP contribution in [-0.2, 0) is 9.59 Å². The summed E-state index contributed by atoms with van der Waals surface area (Å²) in [6.45, 7) is -0.0371. The largest absolute Gasteiger partial charge is 0.480 e. The number of nitrogens with two attached hydrogens (primary N) is 1. The molecule has 1 aliphatic rings. The lowest BCUT2D eigenvalue weighted by atomic mass is 10.1. The second-order valence-electron chi connectivity index (χ2n) is 4.41. The van der Waals surface area contributed by atoms with Gasteiger partial charge >= 0.3 is 5.97 Å². The Morgan fingerprint density at radius 3 is 2.12 bits per heavy atom. The molecule has 1 fully saturated rings. The van der Waals surface area contributed by atoms with Gasteiger partial charge < -0.3 is 10.8 Å². The second-order valence-corrected chi connectivity index (χ2v) is 4.41. The molecule has 0 spiro atoms. The standard InChI is InChI=1S/C11H20N2O3/c12-10(14)7-13(8-11(15)16)9-5-3-1-2-4-6-9/h9H,1-8H2,(H2,12,14)(H,15,16). The van der Waals surface area contributed by atoms with Crippen molar-refractivity contribution in [3.8, 4) is 0 Å². The molecule has 0 saturated heterocycles. The summed E-state index contributed by atoms with van der Waals surface area (Å²) in [7, 11) is 0. The number of amides is 1. The van der Waals surface area contributed by atoms with Crippen molar-refractivity contribution in [2.75, 3.05) is 13.1 Å². The zero-order chi connectivity index (χ0) is 12.0. The summed E-state index contributed by atoms with van der Waals surface area (Å²) in [5.74, 6) is -1.35. The maximum atomic E-state index is 10.9. The van der Waals surface area contributed by atoms with E-state index in [1.807, 2.05) is 0 Å². The lowest BCUT2D eigenvalue weighted by Crippen LogP contribution is -2.43. The first-order chi connectivity index (χ1) is 7.59. The predicted molar refractivity (Wildman–Crippen MR) is 59.9 cm³/mol. The van der Waals surface area contributed by atoms with Crippen molar-refractivity contribution in [3.63, 3.8) is 0 Å². The fourth-order valence-corrected chi connectivity index (χ4v) is 2.31. The molecule has 5 nitrogen and oxygen atoms in total. The van der Waals surface area contributed by atoms with Crippen LogP contribution in [0.3, 0.4) is 0 Å². The van der Waals surface area contributed by atoms with Crippen LogP contribution in [0.5, 0.6) is 0 Å². The van der Waals surface area contributed by atoms with Gasteiger partial charge in [-0.05, 0) is 12.8 Å². The fourth-order valence-electron chi connectivity index (χ4n) is 2.31. The maximum Gasteiger partial charge on any atom is 0.317 e. The number of primary amides is 1. The van der Waals surface area contributed by atoms with E-state index in [2.05, 4.69) is 0 Å². The summed E-state index contributed by atoms with van der Waals surface area (Å²) >= 11 is 0. The zero-order valence-electron chi connectivity index (χ0n) is 9.52. The Morgan fingerprint density at radius 1 is 1.12 bits per heavy atom. The van der Waals surface area contributed by atoms with E-state index in [0.29, 0.717) is 0 Å². The number of rotatable bonds is 5.